The van der Waals surface area contributed by atoms with E-state index in [0.29, 0.717) is 12.2 Å². The minimum absolute atomic E-state index is 0.0499. The highest BCUT2D eigenvalue weighted by molar-refractivity contribution is 5.98. The van der Waals surface area contributed by atoms with E-state index in [1.165, 1.54) is 13.2 Å². The van der Waals surface area contributed by atoms with Crippen molar-refractivity contribution in [1.29, 1.82) is 0 Å². The Labute approximate surface area is 134 Å². The Morgan fingerprint density at radius 2 is 1.96 bits per heavy atom. The van der Waals surface area contributed by atoms with Crippen molar-refractivity contribution in [2.45, 2.75) is 0 Å². The molecular weight excluding hydrogens is 323 g/mol. The van der Waals surface area contributed by atoms with Crippen molar-refractivity contribution in [3.05, 3.63) is 41.9 Å². The molecule has 0 saturated heterocycles. The lowest BCUT2D eigenvalue weighted by atomic mass is 10.1. The number of carbonyl (C=O) groups excluding carboxylic acids is 2. The molecule has 9 heteroatoms. The minimum Gasteiger partial charge on any atom is -0.497 e. The summed E-state index contributed by atoms with van der Waals surface area (Å²) in [6.45, 7) is 0. The number of ether oxygens (including phenoxy) is 2. The summed E-state index contributed by atoms with van der Waals surface area (Å²) in [5.74, 6) is -4.24. The number of aliphatic carboxylic acids is 1. The highest BCUT2D eigenvalue weighted by atomic mass is 19.1. The largest absolute Gasteiger partial charge is 0.497 e. The number of halogens is 1. The van der Waals surface area contributed by atoms with Crippen LogP contribution in [0.4, 0.5) is 4.39 Å². The van der Waals surface area contributed by atoms with Crippen molar-refractivity contribution < 1.29 is 33.4 Å². The van der Waals surface area contributed by atoms with Crippen LogP contribution in [0.1, 0.15) is 10.5 Å². The second-order valence-corrected chi connectivity index (χ2v) is 4.47. The lowest BCUT2D eigenvalue weighted by molar-refractivity contribution is -0.133. The second-order valence-electron chi connectivity index (χ2n) is 4.47. The number of rotatable bonds is 5. The number of hydrogen-bond donors (Lipinski definition) is 2. The number of nitrogens with two attached hydrogens (primary N) is 1. The van der Waals surface area contributed by atoms with Gasteiger partial charge in [-0.3, -0.25) is 4.79 Å². The van der Waals surface area contributed by atoms with Gasteiger partial charge < -0.3 is 20.3 Å². The van der Waals surface area contributed by atoms with Crippen LogP contribution < -0.4 is 15.2 Å². The molecule has 2 rings (SSSR count). The lowest BCUT2D eigenvalue weighted by Gasteiger charge is -2.10. The first-order valence-electron chi connectivity index (χ1n) is 6.42. The molecule has 0 atom stereocenters. The van der Waals surface area contributed by atoms with Gasteiger partial charge in [-0.1, -0.05) is 0 Å². The highest BCUT2D eigenvalue weighted by Crippen LogP contribution is 2.31. The second kappa shape index (κ2) is 6.73. The molecule has 0 spiro atoms. The summed E-state index contributed by atoms with van der Waals surface area (Å²) in [5.41, 5.74) is 4.55. The summed E-state index contributed by atoms with van der Waals surface area (Å²) in [6.07, 6.45) is 1.23. The van der Waals surface area contributed by atoms with Gasteiger partial charge in [-0.2, -0.15) is 0 Å². The summed E-state index contributed by atoms with van der Waals surface area (Å²) < 4.78 is 24.0. The molecule has 0 saturated carbocycles. The monoisotopic (exact) mass is 334 g/mol. The molecule has 0 aliphatic heterocycles. The van der Waals surface area contributed by atoms with Crippen LogP contribution in [-0.4, -0.2) is 35.0 Å². The third-order valence-electron chi connectivity index (χ3n) is 2.86. The van der Waals surface area contributed by atoms with E-state index < -0.39 is 23.7 Å². The fourth-order valence-corrected chi connectivity index (χ4v) is 1.84. The van der Waals surface area contributed by atoms with E-state index in [0.717, 1.165) is 12.1 Å². The predicted octanol–water partition coefficient (Wildman–Crippen LogP) is 1.03. The van der Waals surface area contributed by atoms with E-state index in [4.69, 9.17) is 20.3 Å². The van der Waals surface area contributed by atoms with Crippen LogP contribution in [0, 0.1) is 5.82 Å². The molecule has 124 valence electrons. The number of benzene rings is 1. The number of carboxylic acid groups (broad SMARTS) is 1. The van der Waals surface area contributed by atoms with Gasteiger partial charge >= 0.3 is 11.9 Å². The summed E-state index contributed by atoms with van der Waals surface area (Å²) in [7, 11) is 1.31. The fraction of sp³-hybridized carbons (Fsp3) is 0.0667. The third kappa shape index (κ3) is 3.64. The van der Waals surface area contributed by atoms with Crippen LogP contribution >= 0.6 is 0 Å². The summed E-state index contributed by atoms with van der Waals surface area (Å²) in [4.78, 5) is 37.2. The smallest absolute Gasteiger partial charge is 0.336 e. The number of amides is 1. The number of aromatic nitrogens is 1. The van der Waals surface area contributed by atoms with Crippen molar-refractivity contribution >= 4 is 28.7 Å². The van der Waals surface area contributed by atoms with Crippen molar-refractivity contribution in [1.82, 2.24) is 4.98 Å². The first kappa shape index (κ1) is 16.9. The van der Waals surface area contributed by atoms with Gasteiger partial charge in [0.15, 0.2) is 5.82 Å². The first-order chi connectivity index (χ1) is 11.3. The minimum atomic E-state index is -1.35. The fourth-order valence-electron chi connectivity index (χ4n) is 1.84. The zero-order valence-corrected chi connectivity index (χ0v) is 12.3. The first-order valence-corrected chi connectivity index (χ1v) is 6.42. The molecule has 3 N–H and O–H groups in total. The number of primary amides is 1. The summed E-state index contributed by atoms with van der Waals surface area (Å²) in [5, 5.41) is 8.54. The van der Waals surface area contributed by atoms with E-state index >= 15 is 0 Å². The molecular formula is C15H11FN2O6. The highest BCUT2D eigenvalue weighted by Gasteiger charge is 2.17. The Morgan fingerprint density at radius 3 is 2.54 bits per heavy atom. The van der Waals surface area contributed by atoms with Crippen molar-refractivity contribution in [3.63, 3.8) is 0 Å². The summed E-state index contributed by atoms with van der Waals surface area (Å²) >= 11 is 0. The standard InChI is InChI=1S/C15H11FN2O6/c1-23-7-4-8-11(24-13(21)3-2-12(19)20)6-10(15(17)22)18-14(8)9(16)5-7/h2-6H,1H3,(H2,17,22)(H,19,20)/b3-2+. The zero-order chi connectivity index (χ0) is 17.9. The molecule has 1 heterocycles. The molecule has 8 nitrogen and oxygen atoms in total. The number of carboxylic acids is 1. The van der Waals surface area contributed by atoms with Gasteiger partial charge in [0.2, 0.25) is 0 Å². The number of pyridine rings is 1. The summed E-state index contributed by atoms with van der Waals surface area (Å²) in [6, 6.07) is 3.44. The third-order valence-corrected chi connectivity index (χ3v) is 2.86. The van der Waals surface area contributed by atoms with E-state index in [1.807, 2.05) is 0 Å². The van der Waals surface area contributed by atoms with Crippen molar-refractivity contribution in [2.75, 3.05) is 7.11 Å². The van der Waals surface area contributed by atoms with E-state index in [1.54, 1.807) is 0 Å². The average molecular weight is 334 g/mol. The van der Waals surface area contributed by atoms with Crippen molar-refractivity contribution in [2.24, 2.45) is 5.73 Å². The number of nitrogens with zero attached hydrogens (tertiary/aromatic N) is 1. The average Bonchev–Trinajstić information content (AvgIpc) is 2.52. The number of esters is 1. The molecule has 2 aromatic rings. The Kier molecular flexibility index (Phi) is 4.73. The number of fused-ring (bicyclic) bond motifs is 1. The van der Waals surface area contributed by atoms with Crippen LogP contribution in [0.3, 0.4) is 0 Å². The van der Waals surface area contributed by atoms with Gasteiger partial charge in [0.25, 0.3) is 5.91 Å². The number of carbonyl (C=O) groups is 3. The normalized spacial score (nSPS) is 10.8. The van der Waals surface area contributed by atoms with Gasteiger partial charge in [-0.05, 0) is 6.07 Å². The maximum Gasteiger partial charge on any atom is 0.336 e. The maximum absolute atomic E-state index is 14.1. The number of methoxy groups -OCH3 is 1. The maximum atomic E-state index is 14.1. The zero-order valence-electron chi connectivity index (χ0n) is 12.3. The van der Waals surface area contributed by atoms with Crippen LogP contribution in [0.5, 0.6) is 11.5 Å². The Bertz CT molecular complexity index is 878. The lowest BCUT2D eigenvalue weighted by Crippen LogP contribution is -2.14. The van der Waals surface area contributed by atoms with Crippen LogP contribution in [0.2, 0.25) is 0 Å². The van der Waals surface area contributed by atoms with Gasteiger partial charge in [0.05, 0.1) is 7.11 Å². The van der Waals surface area contributed by atoms with Gasteiger partial charge in [-0.15, -0.1) is 0 Å². The molecule has 0 aliphatic carbocycles. The Morgan fingerprint density at radius 1 is 1.25 bits per heavy atom. The van der Waals surface area contributed by atoms with Gasteiger partial charge in [0, 0.05) is 29.7 Å². The molecule has 1 aromatic carbocycles. The predicted molar refractivity (Wildman–Crippen MR) is 79.2 cm³/mol. The molecule has 0 aliphatic rings. The van der Waals surface area contributed by atoms with Gasteiger partial charge in [-0.25, -0.2) is 19.0 Å². The molecule has 1 amide bonds. The Hall–Kier alpha value is -3.49. The molecule has 0 radical (unpaired) electrons. The van der Waals surface area contributed by atoms with Gasteiger partial charge in [0.1, 0.15) is 22.7 Å². The van der Waals surface area contributed by atoms with Crippen LogP contribution in [-0.2, 0) is 9.59 Å². The molecule has 0 unspecified atom stereocenters. The molecule has 0 bridgehead atoms. The van der Waals surface area contributed by atoms with Crippen LogP contribution in [0.25, 0.3) is 10.9 Å². The number of hydrogen-bond acceptors (Lipinski definition) is 6. The van der Waals surface area contributed by atoms with E-state index in [9.17, 15) is 18.8 Å². The van der Waals surface area contributed by atoms with E-state index in [2.05, 4.69) is 4.98 Å². The Balaban J connectivity index is 2.60. The molecule has 24 heavy (non-hydrogen) atoms. The quantitative estimate of drug-likeness (QED) is 0.617. The van der Waals surface area contributed by atoms with Crippen molar-refractivity contribution in [3.8, 4) is 11.5 Å². The topological polar surface area (TPSA) is 129 Å². The SMILES string of the molecule is COc1cc(F)c2nc(C(N)=O)cc(OC(=O)/C=C/C(=O)O)c2c1. The van der Waals surface area contributed by atoms with E-state index in [-0.39, 0.29) is 28.1 Å². The van der Waals surface area contributed by atoms with Crippen LogP contribution in [0.15, 0.2) is 30.4 Å². The molecule has 1 aromatic heterocycles. The molecule has 0 fully saturated rings.